The number of methoxy groups -OCH3 is 1. The van der Waals surface area contributed by atoms with Crippen molar-refractivity contribution in [3.63, 3.8) is 0 Å². The van der Waals surface area contributed by atoms with Crippen LogP contribution in [0.4, 0.5) is 5.82 Å². The second-order valence-electron chi connectivity index (χ2n) is 4.67. The van der Waals surface area contributed by atoms with Crippen molar-refractivity contribution in [3.05, 3.63) is 47.7 Å². The van der Waals surface area contributed by atoms with Gasteiger partial charge in [0, 0.05) is 6.54 Å². The van der Waals surface area contributed by atoms with Gasteiger partial charge in [-0.2, -0.15) is 0 Å². The van der Waals surface area contributed by atoms with Crippen LogP contribution in [0, 0.1) is 0 Å². The molecule has 1 aromatic carbocycles. The zero-order valence-electron chi connectivity index (χ0n) is 12.8. The first-order chi connectivity index (χ1) is 10.3. The van der Waals surface area contributed by atoms with E-state index in [0.29, 0.717) is 6.61 Å². The van der Waals surface area contributed by atoms with E-state index in [-0.39, 0.29) is 0 Å². The Morgan fingerprint density at radius 2 is 1.95 bits per heavy atom. The molecule has 1 N–H and O–H groups in total. The fourth-order valence-corrected chi connectivity index (χ4v) is 2.04. The SMILES string of the molecule is CCNc1cccc(COc2ccc(CC)cc2OC)n1. The van der Waals surface area contributed by atoms with Gasteiger partial charge in [-0.15, -0.1) is 0 Å². The first-order valence-corrected chi connectivity index (χ1v) is 7.26. The quantitative estimate of drug-likeness (QED) is 0.843. The summed E-state index contributed by atoms with van der Waals surface area (Å²) in [5.74, 6) is 2.37. The predicted molar refractivity (Wildman–Crippen MR) is 85.1 cm³/mol. The Hall–Kier alpha value is -2.23. The van der Waals surface area contributed by atoms with E-state index in [0.717, 1.165) is 36.0 Å². The van der Waals surface area contributed by atoms with Crippen LogP contribution in [0.3, 0.4) is 0 Å². The van der Waals surface area contributed by atoms with E-state index in [1.807, 2.05) is 37.3 Å². The Morgan fingerprint density at radius 3 is 2.67 bits per heavy atom. The highest BCUT2D eigenvalue weighted by Gasteiger charge is 2.06. The largest absolute Gasteiger partial charge is 0.493 e. The van der Waals surface area contributed by atoms with Gasteiger partial charge in [0.1, 0.15) is 12.4 Å². The topological polar surface area (TPSA) is 43.4 Å². The maximum atomic E-state index is 5.83. The molecule has 2 rings (SSSR count). The van der Waals surface area contributed by atoms with Crippen LogP contribution >= 0.6 is 0 Å². The molecule has 21 heavy (non-hydrogen) atoms. The van der Waals surface area contributed by atoms with Crippen molar-refractivity contribution in [2.24, 2.45) is 0 Å². The lowest BCUT2D eigenvalue weighted by Gasteiger charge is -2.12. The van der Waals surface area contributed by atoms with Crippen LogP contribution in [0.15, 0.2) is 36.4 Å². The molecule has 0 aliphatic carbocycles. The monoisotopic (exact) mass is 286 g/mol. The highest BCUT2D eigenvalue weighted by molar-refractivity contribution is 5.43. The first kappa shape index (κ1) is 15.2. The van der Waals surface area contributed by atoms with E-state index in [1.165, 1.54) is 5.56 Å². The second-order valence-corrected chi connectivity index (χ2v) is 4.67. The van der Waals surface area contributed by atoms with Gasteiger partial charge in [-0.05, 0) is 43.2 Å². The molecule has 0 saturated heterocycles. The number of nitrogens with one attached hydrogen (secondary N) is 1. The molecule has 4 nitrogen and oxygen atoms in total. The molecule has 0 aliphatic rings. The van der Waals surface area contributed by atoms with Crippen molar-refractivity contribution in [3.8, 4) is 11.5 Å². The van der Waals surface area contributed by atoms with Crippen molar-refractivity contribution in [2.45, 2.75) is 26.9 Å². The van der Waals surface area contributed by atoms with Crippen LogP contribution in [0.1, 0.15) is 25.1 Å². The molecule has 0 amide bonds. The van der Waals surface area contributed by atoms with Gasteiger partial charge in [0.15, 0.2) is 11.5 Å². The normalized spacial score (nSPS) is 10.2. The highest BCUT2D eigenvalue weighted by Crippen LogP contribution is 2.28. The summed E-state index contributed by atoms with van der Waals surface area (Å²) >= 11 is 0. The average Bonchev–Trinajstić information content (AvgIpc) is 2.53. The fourth-order valence-electron chi connectivity index (χ4n) is 2.04. The van der Waals surface area contributed by atoms with Gasteiger partial charge < -0.3 is 14.8 Å². The third-order valence-corrected chi connectivity index (χ3v) is 3.18. The number of aryl methyl sites for hydroxylation is 1. The Bertz CT molecular complexity index is 585. The molecule has 0 atom stereocenters. The Labute approximate surface area is 126 Å². The van der Waals surface area contributed by atoms with E-state index in [4.69, 9.17) is 9.47 Å². The van der Waals surface area contributed by atoms with Crippen molar-refractivity contribution < 1.29 is 9.47 Å². The van der Waals surface area contributed by atoms with Crippen LogP contribution < -0.4 is 14.8 Å². The van der Waals surface area contributed by atoms with E-state index in [9.17, 15) is 0 Å². The Morgan fingerprint density at radius 1 is 1.10 bits per heavy atom. The lowest BCUT2D eigenvalue weighted by molar-refractivity contribution is 0.280. The summed E-state index contributed by atoms with van der Waals surface area (Å²) in [4.78, 5) is 4.49. The summed E-state index contributed by atoms with van der Waals surface area (Å²) in [6.45, 7) is 5.43. The zero-order chi connectivity index (χ0) is 15.1. The summed E-state index contributed by atoms with van der Waals surface area (Å²) in [6.07, 6.45) is 0.975. The molecule has 0 saturated carbocycles. The van der Waals surface area contributed by atoms with E-state index in [2.05, 4.69) is 23.3 Å². The number of rotatable bonds is 7. The standard InChI is InChI=1S/C17H22N2O2/c1-4-13-9-10-15(16(11-13)20-3)21-12-14-7-6-8-17(19-14)18-5-2/h6-11H,4-5,12H2,1-3H3,(H,18,19). The van der Waals surface area contributed by atoms with Crippen LogP contribution in [0.25, 0.3) is 0 Å². The number of hydrogen-bond acceptors (Lipinski definition) is 4. The summed E-state index contributed by atoms with van der Waals surface area (Å²) in [7, 11) is 1.66. The van der Waals surface area contributed by atoms with Gasteiger partial charge in [0.05, 0.1) is 12.8 Å². The molecule has 1 heterocycles. The molecule has 112 valence electrons. The third-order valence-electron chi connectivity index (χ3n) is 3.18. The smallest absolute Gasteiger partial charge is 0.161 e. The van der Waals surface area contributed by atoms with Crippen molar-refractivity contribution in [2.75, 3.05) is 19.0 Å². The van der Waals surface area contributed by atoms with E-state index < -0.39 is 0 Å². The van der Waals surface area contributed by atoms with Gasteiger partial charge in [-0.1, -0.05) is 19.1 Å². The number of anilines is 1. The number of hydrogen-bond donors (Lipinski definition) is 1. The van der Waals surface area contributed by atoms with Crippen molar-refractivity contribution in [1.82, 2.24) is 4.98 Å². The molecule has 0 spiro atoms. The van der Waals surface area contributed by atoms with Crippen LogP contribution in [-0.2, 0) is 13.0 Å². The summed E-state index contributed by atoms with van der Waals surface area (Å²) < 4.78 is 11.2. The Kier molecular flexibility index (Phi) is 5.43. The highest BCUT2D eigenvalue weighted by atomic mass is 16.5. The lowest BCUT2D eigenvalue weighted by Crippen LogP contribution is -2.04. The van der Waals surface area contributed by atoms with Gasteiger partial charge in [-0.25, -0.2) is 4.98 Å². The molecule has 0 aliphatic heterocycles. The van der Waals surface area contributed by atoms with Gasteiger partial charge in [0.2, 0.25) is 0 Å². The molecule has 0 fully saturated rings. The second kappa shape index (κ2) is 7.53. The first-order valence-electron chi connectivity index (χ1n) is 7.26. The lowest BCUT2D eigenvalue weighted by atomic mass is 10.1. The number of aromatic nitrogens is 1. The third kappa shape index (κ3) is 4.12. The number of ether oxygens (including phenoxy) is 2. The maximum Gasteiger partial charge on any atom is 0.161 e. The number of pyridine rings is 1. The van der Waals surface area contributed by atoms with Crippen LogP contribution in [0.5, 0.6) is 11.5 Å². The van der Waals surface area contributed by atoms with E-state index >= 15 is 0 Å². The molecule has 4 heteroatoms. The van der Waals surface area contributed by atoms with Crippen molar-refractivity contribution >= 4 is 5.82 Å². The Balaban J connectivity index is 2.07. The van der Waals surface area contributed by atoms with Crippen LogP contribution in [0.2, 0.25) is 0 Å². The molecular formula is C17H22N2O2. The number of benzene rings is 1. The summed E-state index contributed by atoms with van der Waals surface area (Å²) in [5, 5.41) is 3.19. The number of nitrogens with zero attached hydrogens (tertiary/aromatic N) is 1. The fraction of sp³-hybridized carbons (Fsp3) is 0.353. The van der Waals surface area contributed by atoms with Gasteiger partial charge >= 0.3 is 0 Å². The molecule has 2 aromatic rings. The van der Waals surface area contributed by atoms with Gasteiger partial charge in [-0.3, -0.25) is 0 Å². The van der Waals surface area contributed by atoms with E-state index in [1.54, 1.807) is 7.11 Å². The molecule has 0 bridgehead atoms. The van der Waals surface area contributed by atoms with Gasteiger partial charge in [0.25, 0.3) is 0 Å². The summed E-state index contributed by atoms with van der Waals surface area (Å²) in [5.41, 5.74) is 2.11. The zero-order valence-corrected chi connectivity index (χ0v) is 12.8. The maximum absolute atomic E-state index is 5.83. The van der Waals surface area contributed by atoms with Crippen LogP contribution in [-0.4, -0.2) is 18.6 Å². The minimum absolute atomic E-state index is 0.418. The van der Waals surface area contributed by atoms with Crippen molar-refractivity contribution in [1.29, 1.82) is 0 Å². The minimum Gasteiger partial charge on any atom is -0.493 e. The molecule has 0 radical (unpaired) electrons. The molecule has 1 aromatic heterocycles. The minimum atomic E-state index is 0.418. The molecule has 0 unspecified atom stereocenters. The predicted octanol–water partition coefficient (Wildman–Crippen LogP) is 3.66. The average molecular weight is 286 g/mol. The summed E-state index contributed by atoms with van der Waals surface area (Å²) in [6, 6.07) is 11.9. The molecular weight excluding hydrogens is 264 g/mol.